The molecule has 7 nitrogen and oxygen atoms in total. The van der Waals surface area contributed by atoms with E-state index in [0.29, 0.717) is 29.1 Å². The molecule has 3 aromatic rings. The number of nitrogens with one attached hydrogen (secondary N) is 2. The van der Waals surface area contributed by atoms with Gasteiger partial charge in [-0.1, -0.05) is 0 Å². The van der Waals surface area contributed by atoms with Gasteiger partial charge in [0.25, 0.3) is 5.56 Å². The van der Waals surface area contributed by atoms with E-state index in [4.69, 9.17) is 14.2 Å². The molecule has 0 saturated carbocycles. The minimum absolute atomic E-state index is 0.123. The third-order valence-electron chi connectivity index (χ3n) is 5.15. The van der Waals surface area contributed by atoms with Crippen LogP contribution >= 0.6 is 0 Å². The van der Waals surface area contributed by atoms with Crippen molar-refractivity contribution in [3.63, 3.8) is 0 Å². The summed E-state index contributed by atoms with van der Waals surface area (Å²) >= 11 is 0. The largest absolute Gasteiger partial charge is 0.493 e. The Balaban J connectivity index is 1.50. The molecule has 2 aromatic carbocycles. The van der Waals surface area contributed by atoms with Gasteiger partial charge in [0.05, 0.1) is 33.0 Å². The van der Waals surface area contributed by atoms with Crippen LogP contribution in [-0.2, 0) is 11.3 Å². The summed E-state index contributed by atoms with van der Waals surface area (Å²) in [4.78, 5) is 17.7. The maximum absolute atomic E-state index is 12.5. The average Bonchev–Trinajstić information content (AvgIpc) is 2.77. The molecule has 1 fully saturated rings. The van der Waals surface area contributed by atoms with Gasteiger partial charge in [-0.3, -0.25) is 4.79 Å². The molecule has 29 heavy (non-hydrogen) atoms. The molecule has 0 aliphatic carbocycles. The van der Waals surface area contributed by atoms with Gasteiger partial charge in [-0.2, -0.15) is 0 Å². The number of benzene rings is 2. The van der Waals surface area contributed by atoms with Crippen LogP contribution in [-0.4, -0.2) is 45.5 Å². The van der Waals surface area contributed by atoms with Crippen molar-refractivity contribution in [3.05, 3.63) is 58.4 Å². The number of H-pyrrole nitrogens is 1. The second-order valence-electron chi connectivity index (χ2n) is 6.92. The molecule has 1 saturated heterocycles. The molecule has 152 valence electrons. The van der Waals surface area contributed by atoms with Crippen molar-refractivity contribution in [3.8, 4) is 11.5 Å². The van der Waals surface area contributed by atoms with E-state index >= 15 is 0 Å². The quantitative estimate of drug-likeness (QED) is 0.668. The van der Waals surface area contributed by atoms with Gasteiger partial charge in [0.1, 0.15) is 0 Å². The molecule has 0 unspecified atom stereocenters. The van der Waals surface area contributed by atoms with Crippen molar-refractivity contribution in [2.24, 2.45) is 0 Å². The third-order valence-corrected chi connectivity index (χ3v) is 5.15. The zero-order valence-corrected chi connectivity index (χ0v) is 16.7. The lowest BCUT2D eigenvalue weighted by Gasteiger charge is -2.28. The molecular weight excluding hydrogens is 370 g/mol. The summed E-state index contributed by atoms with van der Waals surface area (Å²) in [5, 5.41) is 4.22. The van der Waals surface area contributed by atoms with E-state index in [1.165, 1.54) is 5.69 Å². The van der Waals surface area contributed by atoms with Crippen molar-refractivity contribution in [1.82, 2.24) is 4.98 Å². The number of hydrogen-bond acceptors (Lipinski definition) is 6. The number of morpholine rings is 1. The van der Waals surface area contributed by atoms with E-state index in [2.05, 4.69) is 27.3 Å². The second kappa shape index (κ2) is 8.45. The normalized spacial score (nSPS) is 14.1. The first-order valence-corrected chi connectivity index (χ1v) is 9.62. The second-order valence-corrected chi connectivity index (χ2v) is 6.92. The van der Waals surface area contributed by atoms with E-state index < -0.39 is 0 Å². The highest BCUT2D eigenvalue weighted by Crippen LogP contribution is 2.31. The first kappa shape index (κ1) is 19.1. The van der Waals surface area contributed by atoms with Crippen molar-refractivity contribution in [2.75, 3.05) is 50.7 Å². The van der Waals surface area contributed by atoms with E-state index in [9.17, 15) is 4.79 Å². The van der Waals surface area contributed by atoms with Crippen LogP contribution in [0.3, 0.4) is 0 Å². The Kier molecular flexibility index (Phi) is 5.57. The molecular formula is C22H25N3O4. The lowest BCUT2D eigenvalue weighted by atomic mass is 10.1. The molecule has 1 aliphatic rings. The van der Waals surface area contributed by atoms with Crippen LogP contribution in [0.5, 0.6) is 11.5 Å². The Morgan fingerprint density at radius 3 is 2.41 bits per heavy atom. The van der Waals surface area contributed by atoms with Gasteiger partial charge in [-0.15, -0.1) is 0 Å². The molecule has 1 aromatic heterocycles. The predicted molar refractivity (Wildman–Crippen MR) is 114 cm³/mol. The van der Waals surface area contributed by atoms with Crippen LogP contribution < -0.4 is 25.2 Å². The van der Waals surface area contributed by atoms with Crippen LogP contribution in [0, 0.1) is 0 Å². The molecule has 0 atom stereocenters. The van der Waals surface area contributed by atoms with Crippen LogP contribution in [0.25, 0.3) is 10.9 Å². The fraction of sp³-hybridized carbons (Fsp3) is 0.318. The summed E-state index contributed by atoms with van der Waals surface area (Å²) in [5.41, 5.74) is 3.40. The number of pyridine rings is 1. The fourth-order valence-corrected chi connectivity index (χ4v) is 3.52. The number of fused-ring (bicyclic) bond motifs is 1. The van der Waals surface area contributed by atoms with Gasteiger partial charge in [-0.25, -0.2) is 0 Å². The SMILES string of the molecule is COc1cc2cc(CNc3ccc(N4CCOCC4)cc3)c(=O)[nH]c2cc1OC. The minimum Gasteiger partial charge on any atom is -0.493 e. The minimum atomic E-state index is -0.123. The summed E-state index contributed by atoms with van der Waals surface area (Å²) in [6.07, 6.45) is 0. The summed E-state index contributed by atoms with van der Waals surface area (Å²) in [5.74, 6) is 1.21. The smallest absolute Gasteiger partial charge is 0.253 e. The summed E-state index contributed by atoms with van der Waals surface area (Å²) < 4.78 is 16.1. The summed E-state index contributed by atoms with van der Waals surface area (Å²) in [7, 11) is 3.17. The van der Waals surface area contributed by atoms with E-state index in [0.717, 1.165) is 37.4 Å². The number of ether oxygens (including phenoxy) is 3. The molecule has 4 rings (SSSR count). The first-order chi connectivity index (χ1) is 14.2. The zero-order valence-electron chi connectivity index (χ0n) is 16.7. The number of rotatable bonds is 6. The molecule has 7 heteroatoms. The number of methoxy groups -OCH3 is 2. The number of aromatic amines is 1. The Morgan fingerprint density at radius 1 is 1.03 bits per heavy atom. The fourth-order valence-electron chi connectivity index (χ4n) is 3.52. The van der Waals surface area contributed by atoms with Crippen molar-refractivity contribution < 1.29 is 14.2 Å². The summed E-state index contributed by atoms with van der Waals surface area (Å²) in [6, 6.07) is 13.8. The Morgan fingerprint density at radius 2 is 1.72 bits per heavy atom. The summed E-state index contributed by atoms with van der Waals surface area (Å²) in [6.45, 7) is 3.78. The van der Waals surface area contributed by atoms with Crippen molar-refractivity contribution >= 4 is 22.3 Å². The molecule has 0 radical (unpaired) electrons. The van der Waals surface area contributed by atoms with E-state index in [-0.39, 0.29) is 5.56 Å². The number of hydrogen-bond donors (Lipinski definition) is 2. The molecule has 0 bridgehead atoms. The van der Waals surface area contributed by atoms with Gasteiger partial charge < -0.3 is 29.4 Å². The predicted octanol–water partition coefficient (Wildman–Crippen LogP) is 2.99. The number of nitrogens with zero attached hydrogens (tertiary/aromatic N) is 1. The average molecular weight is 395 g/mol. The van der Waals surface area contributed by atoms with Crippen molar-refractivity contribution in [2.45, 2.75) is 6.54 Å². The lowest BCUT2D eigenvalue weighted by molar-refractivity contribution is 0.122. The van der Waals surface area contributed by atoms with Gasteiger partial charge in [-0.05, 0) is 36.4 Å². The monoisotopic (exact) mass is 395 g/mol. The molecule has 0 spiro atoms. The Labute approximate surface area is 169 Å². The van der Waals surface area contributed by atoms with Gasteiger partial charge >= 0.3 is 0 Å². The molecule has 2 heterocycles. The maximum Gasteiger partial charge on any atom is 0.253 e. The van der Waals surface area contributed by atoms with Gasteiger partial charge in [0.15, 0.2) is 11.5 Å². The van der Waals surface area contributed by atoms with Gasteiger partial charge in [0, 0.05) is 48.0 Å². The maximum atomic E-state index is 12.5. The highest BCUT2D eigenvalue weighted by molar-refractivity contribution is 5.83. The molecule has 2 N–H and O–H groups in total. The van der Waals surface area contributed by atoms with E-state index in [1.807, 2.05) is 24.3 Å². The standard InChI is InChI=1S/C22H25N3O4/c1-27-20-12-15-11-16(22(26)24-19(15)13-21(20)28-2)14-23-17-3-5-18(6-4-17)25-7-9-29-10-8-25/h3-6,11-13,23H,7-10,14H2,1-2H3,(H,24,26). The topological polar surface area (TPSA) is 75.8 Å². The number of anilines is 2. The highest BCUT2D eigenvalue weighted by atomic mass is 16.5. The first-order valence-electron chi connectivity index (χ1n) is 9.62. The lowest BCUT2D eigenvalue weighted by Crippen LogP contribution is -2.36. The Bertz CT molecular complexity index is 1040. The van der Waals surface area contributed by atoms with Crippen molar-refractivity contribution in [1.29, 1.82) is 0 Å². The third kappa shape index (κ3) is 4.14. The van der Waals surface area contributed by atoms with Gasteiger partial charge in [0.2, 0.25) is 0 Å². The Hall–Kier alpha value is -3.19. The zero-order chi connectivity index (χ0) is 20.2. The van der Waals surface area contributed by atoms with Crippen LogP contribution in [0.4, 0.5) is 11.4 Å². The molecule has 0 amide bonds. The van der Waals surface area contributed by atoms with Crippen LogP contribution in [0.2, 0.25) is 0 Å². The van der Waals surface area contributed by atoms with E-state index in [1.54, 1.807) is 20.3 Å². The highest BCUT2D eigenvalue weighted by Gasteiger charge is 2.11. The van der Waals surface area contributed by atoms with Crippen LogP contribution in [0.15, 0.2) is 47.3 Å². The van der Waals surface area contributed by atoms with Crippen LogP contribution in [0.1, 0.15) is 5.56 Å². The number of aromatic nitrogens is 1. The molecule has 1 aliphatic heterocycles.